The van der Waals surface area contributed by atoms with E-state index in [0.29, 0.717) is 50.0 Å². The van der Waals surface area contributed by atoms with E-state index in [1.807, 2.05) is 34.6 Å². The van der Waals surface area contributed by atoms with E-state index in [0.717, 1.165) is 0 Å². The molecule has 1 aromatic carbocycles. The summed E-state index contributed by atoms with van der Waals surface area (Å²) in [7, 11) is 4.67. The zero-order valence-corrected chi connectivity index (χ0v) is 48.6. The molecule has 0 bridgehead atoms. The van der Waals surface area contributed by atoms with Crippen LogP contribution in [0, 0.1) is 29.6 Å². The minimum absolute atomic E-state index is 0.0444. The average molecular weight is 1100 g/mol. The van der Waals surface area contributed by atoms with Gasteiger partial charge in [-0.15, -0.1) is 0 Å². The van der Waals surface area contributed by atoms with Gasteiger partial charge in [-0.1, -0.05) is 73.9 Å². The molecular formula is C57H91N7O14. The van der Waals surface area contributed by atoms with Crippen molar-refractivity contribution in [3.05, 3.63) is 29.8 Å². The van der Waals surface area contributed by atoms with Crippen LogP contribution in [0.2, 0.25) is 0 Å². The number of likely N-dealkylation sites (tertiary alicyclic amines) is 1. The van der Waals surface area contributed by atoms with Crippen LogP contribution >= 0.6 is 0 Å². The zero-order chi connectivity index (χ0) is 58.5. The molecule has 78 heavy (non-hydrogen) atoms. The molecule has 3 aliphatic heterocycles. The predicted octanol–water partition coefficient (Wildman–Crippen LogP) is 2.79. The lowest BCUT2D eigenvalue weighted by atomic mass is 9.91. The predicted molar refractivity (Wildman–Crippen MR) is 290 cm³/mol. The van der Waals surface area contributed by atoms with Crippen molar-refractivity contribution < 1.29 is 67.6 Å². The summed E-state index contributed by atoms with van der Waals surface area (Å²) in [4.78, 5) is 135. The average Bonchev–Trinajstić information content (AvgIpc) is 4.09. The summed E-state index contributed by atoms with van der Waals surface area (Å²) < 4.78 is 17.3. The van der Waals surface area contributed by atoms with Crippen molar-refractivity contribution in [1.82, 2.24) is 35.6 Å². The van der Waals surface area contributed by atoms with E-state index < -0.39 is 138 Å². The Balaban J connectivity index is 1.87. The van der Waals surface area contributed by atoms with Crippen LogP contribution in [0.4, 0.5) is 0 Å². The number of carbonyl (C=O) groups is 9. The minimum Gasteiger partial charge on any atom is -0.497 e. The Morgan fingerprint density at radius 1 is 0.872 bits per heavy atom. The molecule has 0 spiro atoms. The molecule has 21 heteroatoms. The second-order valence-corrected chi connectivity index (χ2v) is 23.1. The smallest absolute Gasteiger partial charge is 0.329 e. The van der Waals surface area contributed by atoms with Crippen LogP contribution in [0.1, 0.15) is 133 Å². The number of hydrogen-bond acceptors (Lipinski definition) is 15. The van der Waals surface area contributed by atoms with Gasteiger partial charge < -0.3 is 55.1 Å². The molecule has 0 radical (unpaired) electrons. The van der Waals surface area contributed by atoms with Gasteiger partial charge in [-0.2, -0.15) is 0 Å². The molecule has 0 saturated carbocycles. The number of hydrogen-bond donors (Lipinski definition) is 5. The Morgan fingerprint density at radius 3 is 2.09 bits per heavy atom. The number of Topliss-reactive ketones (excluding diaryl/α,β-unsaturated/α-hetero) is 1. The molecule has 3 fully saturated rings. The highest BCUT2D eigenvalue weighted by atomic mass is 16.6. The Kier molecular flexibility index (Phi) is 24.5. The van der Waals surface area contributed by atoms with Gasteiger partial charge in [0.2, 0.25) is 29.5 Å². The maximum Gasteiger partial charge on any atom is 0.329 e. The fraction of sp³-hybridized carbons (Fsp3) is 0.737. The Morgan fingerprint density at radius 2 is 1.51 bits per heavy atom. The van der Waals surface area contributed by atoms with Crippen LogP contribution in [-0.4, -0.2) is 191 Å². The zero-order valence-electron chi connectivity index (χ0n) is 48.6. The van der Waals surface area contributed by atoms with Crippen molar-refractivity contribution in [1.29, 1.82) is 0 Å². The summed E-state index contributed by atoms with van der Waals surface area (Å²) in [5, 5.41) is 30.5. The van der Waals surface area contributed by atoms with Gasteiger partial charge in [0.15, 0.2) is 11.9 Å². The third-order valence-corrected chi connectivity index (χ3v) is 15.5. The number of nitrogens with one attached hydrogen (secondary N) is 3. The number of ether oxygens (including phenoxy) is 3. The number of aliphatic hydroxyl groups excluding tert-OH is 2. The number of carbonyl (C=O) groups excluding carboxylic acids is 9. The number of cyclic esters (lactones) is 2. The van der Waals surface area contributed by atoms with Crippen LogP contribution < -0.4 is 20.7 Å². The lowest BCUT2D eigenvalue weighted by Gasteiger charge is -2.36. The lowest BCUT2D eigenvalue weighted by Crippen LogP contribution is -2.61. The van der Waals surface area contributed by atoms with Gasteiger partial charge in [0.1, 0.15) is 42.1 Å². The van der Waals surface area contributed by atoms with Gasteiger partial charge in [-0.25, -0.2) is 4.79 Å². The van der Waals surface area contributed by atoms with Crippen molar-refractivity contribution in [2.45, 2.75) is 201 Å². The third kappa shape index (κ3) is 17.2. The van der Waals surface area contributed by atoms with Crippen molar-refractivity contribution in [2.75, 3.05) is 40.8 Å². The summed E-state index contributed by atoms with van der Waals surface area (Å²) in [5.41, 5.74) is 0.604. The maximum absolute atomic E-state index is 15.0. The molecule has 5 N–H and O–H groups in total. The van der Waals surface area contributed by atoms with Crippen LogP contribution in [-0.2, 0) is 59.0 Å². The molecule has 4 rings (SSSR count). The highest BCUT2D eigenvalue weighted by Gasteiger charge is 2.45. The standard InChI is InChI=1S/C57H91N7O14/c1-15-34(8)47-45(66)29-46(67)78-50(33(6)7)49(68)35(9)51(69)58-41(26-31(2)3)55(73)64-25-17-19-42(64)56(74)62(13)44(28-38-20-22-40(76-14)23-21-38)57(75)77-37(11)48(53(71)59-47)60-52(70)43(27-32(4)5)61(12)30-39-18-16-24-63(39)54(72)36(10)65/h20-23,31-37,39,41-45,47-48,50,65-66H,15-19,24-30H2,1-14H3,(H,58,69)(H,59,71)(H,60,70)/t34-,35+,36+,37-,39?,41-,42-,43-,44-,45+,47-,48+,50-/m0/s1. The quantitative estimate of drug-likeness (QED) is 0.118. The van der Waals surface area contributed by atoms with E-state index in [-0.39, 0.29) is 50.2 Å². The highest BCUT2D eigenvalue weighted by Crippen LogP contribution is 2.27. The van der Waals surface area contributed by atoms with Crippen LogP contribution in [0.5, 0.6) is 5.75 Å². The first-order valence-corrected chi connectivity index (χ1v) is 28.0. The molecule has 0 aliphatic carbocycles. The van der Waals surface area contributed by atoms with Gasteiger partial charge >= 0.3 is 11.9 Å². The monoisotopic (exact) mass is 1100 g/mol. The number of amides is 6. The number of nitrogens with zero attached hydrogens (tertiary/aromatic N) is 4. The van der Waals surface area contributed by atoms with Crippen LogP contribution in [0.3, 0.4) is 0 Å². The van der Waals surface area contributed by atoms with Crippen molar-refractivity contribution >= 4 is 53.2 Å². The molecule has 21 nitrogen and oxygen atoms in total. The van der Waals surface area contributed by atoms with E-state index in [1.54, 1.807) is 61.9 Å². The van der Waals surface area contributed by atoms with Crippen LogP contribution in [0.25, 0.3) is 0 Å². The highest BCUT2D eigenvalue weighted by molar-refractivity contribution is 6.05. The summed E-state index contributed by atoms with van der Waals surface area (Å²) in [6, 6.07) is -0.766. The largest absolute Gasteiger partial charge is 0.497 e. The first-order chi connectivity index (χ1) is 36.6. The van der Waals surface area contributed by atoms with Gasteiger partial charge in [0.25, 0.3) is 5.91 Å². The second-order valence-electron chi connectivity index (χ2n) is 23.1. The van der Waals surface area contributed by atoms with Crippen molar-refractivity contribution in [2.24, 2.45) is 29.6 Å². The summed E-state index contributed by atoms with van der Waals surface area (Å²) in [6.07, 6.45) is -3.66. The molecule has 1 unspecified atom stereocenters. The number of likely N-dealkylation sites (N-methyl/N-ethyl adjacent to an activating group) is 2. The number of methoxy groups -OCH3 is 1. The SMILES string of the molecule is CC[C@H](C)[C@@H]1NC(=O)[C@H](NC(=O)[C@H](CC(C)C)N(C)CC2CCCN2C(=O)[C@@H](C)O)[C@H](C)OC(=O)[C@H](Cc2ccc(OC)cc2)N(C)C(=O)[C@@H]2CCCN2C(=O)[C@H](CC(C)C)NC(=O)[C@H](C)C(=O)[C@H](C(C)C)OC(=O)C[C@H]1O. The molecule has 0 aromatic heterocycles. The number of fused-ring (bicyclic) bond motifs is 1. The summed E-state index contributed by atoms with van der Waals surface area (Å²) in [6.45, 7) is 19.4. The van der Waals surface area contributed by atoms with Gasteiger partial charge in [0, 0.05) is 39.1 Å². The Labute approximate surface area is 461 Å². The topological polar surface area (TPSA) is 271 Å². The molecule has 3 saturated heterocycles. The number of ketones is 1. The van der Waals surface area contributed by atoms with E-state index in [4.69, 9.17) is 14.2 Å². The maximum atomic E-state index is 15.0. The number of aliphatic hydroxyl groups is 2. The third-order valence-electron chi connectivity index (χ3n) is 15.5. The van der Waals surface area contributed by atoms with E-state index in [9.17, 15) is 48.6 Å². The first kappa shape index (κ1) is 64.9. The van der Waals surface area contributed by atoms with Crippen LogP contribution in [0.15, 0.2) is 24.3 Å². The van der Waals surface area contributed by atoms with Crippen molar-refractivity contribution in [3.8, 4) is 5.75 Å². The Bertz CT molecular complexity index is 2240. The number of rotatable bonds is 16. The molecular weight excluding hydrogens is 1010 g/mol. The summed E-state index contributed by atoms with van der Waals surface area (Å²) in [5.74, 6) is -8.68. The number of esters is 2. The molecule has 3 heterocycles. The van der Waals surface area contributed by atoms with E-state index >= 15 is 4.79 Å². The Hall–Kier alpha value is -5.67. The fourth-order valence-electron chi connectivity index (χ4n) is 10.7. The molecule has 13 atom stereocenters. The van der Waals surface area contributed by atoms with Gasteiger partial charge in [-0.05, 0) is 108 Å². The van der Waals surface area contributed by atoms with E-state index in [2.05, 4.69) is 16.0 Å². The molecule has 3 aliphatic rings. The fourth-order valence-corrected chi connectivity index (χ4v) is 10.7. The molecule has 6 amide bonds. The number of benzene rings is 1. The molecule has 1 aromatic rings. The first-order valence-electron chi connectivity index (χ1n) is 28.0. The van der Waals surface area contributed by atoms with E-state index in [1.165, 1.54) is 44.7 Å². The molecule has 438 valence electrons. The summed E-state index contributed by atoms with van der Waals surface area (Å²) >= 11 is 0. The normalized spacial score (nSPS) is 28.1. The lowest BCUT2D eigenvalue weighted by molar-refractivity contribution is -0.163. The van der Waals surface area contributed by atoms with Crippen molar-refractivity contribution in [3.63, 3.8) is 0 Å². The van der Waals surface area contributed by atoms with Gasteiger partial charge in [-0.3, -0.25) is 43.3 Å². The second kappa shape index (κ2) is 29.5. The van der Waals surface area contributed by atoms with Gasteiger partial charge in [0.05, 0.1) is 37.6 Å². The minimum atomic E-state index is -1.64.